The number of halogens is 2. The number of hydrogen-bond donors (Lipinski definition) is 1. The van der Waals surface area contributed by atoms with Crippen molar-refractivity contribution in [3.05, 3.63) is 51.8 Å². The van der Waals surface area contributed by atoms with Crippen molar-refractivity contribution in [2.24, 2.45) is 7.05 Å². The molecule has 0 aliphatic rings. The van der Waals surface area contributed by atoms with Gasteiger partial charge in [-0.1, -0.05) is 23.2 Å². The van der Waals surface area contributed by atoms with Crippen molar-refractivity contribution in [2.45, 2.75) is 6.92 Å². The highest BCUT2D eigenvalue weighted by Gasteiger charge is 2.18. The largest absolute Gasteiger partial charge is 0.383 e. The summed E-state index contributed by atoms with van der Waals surface area (Å²) in [5.74, 6) is 0.152. The van der Waals surface area contributed by atoms with Gasteiger partial charge >= 0.3 is 0 Å². The van der Waals surface area contributed by atoms with Gasteiger partial charge in [0.1, 0.15) is 17.5 Å². The molecule has 0 fully saturated rings. The van der Waals surface area contributed by atoms with Crippen molar-refractivity contribution >= 4 is 29.0 Å². The van der Waals surface area contributed by atoms with Crippen LogP contribution in [0.1, 0.15) is 11.3 Å². The zero-order valence-electron chi connectivity index (χ0n) is 13.0. The van der Waals surface area contributed by atoms with E-state index in [2.05, 4.69) is 16.2 Å². The van der Waals surface area contributed by atoms with Crippen molar-refractivity contribution in [2.75, 3.05) is 5.73 Å². The Morgan fingerprint density at radius 2 is 1.92 bits per heavy atom. The van der Waals surface area contributed by atoms with E-state index in [1.165, 1.54) is 0 Å². The second kappa shape index (κ2) is 6.16. The zero-order valence-corrected chi connectivity index (χ0v) is 14.5. The van der Waals surface area contributed by atoms with E-state index in [0.717, 1.165) is 11.3 Å². The summed E-state index contributed by atoms with van der Waals surface area (Å²) < 4.78 is 1.74. The Balaban J connectivity index is 2.28. The zero-order chi connectivity index (χ0) is 17.4. The maximum absolute atomic E-state index is 9.47. The Morgan fingerprint density at radius 3 is 2.50 bits per heavy atom. The first kappa shape index (κ1) is 16.3. The molecule has 0 amide bonds. The molecule has 120 valence electrons. The van der Waals surface area contributed by atoms with Crippen molar-refractivity contribution in [3.63, 3.8) is 0 Å². The van der Waals surface area contributed by atoms with Crippen LogP contribution in [0.2, 0.25) is 10.0 Å². The van der Waals surface area contributed by atoms with Gasteiger partial charge in [-0.2, -0.15) is 10.4 Å². The van der Waals surface area contributed by atoms with Crippen LogP contribution in [0.4, 0.5) is 5.82 Å². The number of hydrogen-bond acceptors (Lipinski definition) is 4. The molecule has 2 N–H and O–H groups in total. The summed E-state index contributed by atoms with van der Waals surface area (Å²) in [7, 11) is 1.84. The van der Waals surface area contributed by atoms with Crippen LogP contribution in [0, 0.1) is 18.3 Å². The van der Waals surface area contributed by atoms with Crippen LogP contribution >= 0.6 is 23.2 Å². The van der Waals surface area contributed by atoms with Crippen molar-refractivity contribution in [3.8, 4) is 28.5 Å². The lowest BCUT2D eigenvalue weighted by Crippen LogP contribution is -2.00. The average Bonchev–Trinajstić information content (AvgIpc) is 2.86. The van der Waals surface area contributed by atoms with E-state index in [9.17, 15) is 5.26 Å². The third kappa shape index (κ3) is 2.71. The predicted molar refractivity (Wildman–Crippen MR) is 95.8 cm³/mol. The van der Waals surface area contributed by atoms with E-state index in [1.807, 2.05) is 14.0 Å². The lowest BCUT2D eigenvalue weighted by molar-refractivity contribution is 0.740. The smallest absolute Gasteiger partial charge is 0.142 e. The van der Waals surface area contributed by atoms with E-state index in [0.29, 0.717) is 32.4 Å². The molecule has 0 bridgehead atoms. The monoisotopic (exact) mass is 357 g/mol. The van der Waals surface area contributed by atoms with Crippen LogP contribution in [0.25, 0.3) is 22.4 Å². The maximum atomic E-state index is 9.47. The number of pyridine rings is 1. The lowest BCUT2D eigenvalue weighted by Gasteiger charge is -2.11. The molecule has 2 aromatic heterocycles. The fourth-order valence-corrected chi connectivity index (χ4v) is 3.00. The Hall–Kier alpha value is -2.55. The molecular weight excluding hydrogens is 345 g/mol. The molecule has 3 aromatic rings. The maximum Gasteiger partial charge on any atom is 0.142 e. The highest BCUT2D eigenvalue weighted by atomic mass is 35.5. The standard InChI is InChI=1S/C17H13Cl2N5/c1-9-14(8-22-24(9)2)12-6-16(23-17(21)13(12)7-20)11-4-3-10(18)5-15(11)19/h3-6,8H,1-2H3,(H2,21,23). The summed E-state index contributed by atoms with van der Waals surface area (Å²) >= 11 is 12.2. The summed E-state index contributed by atoms with van der Waals surface area (Å²) in [6.07, 6.45) is 1.71. The number of nitrogens with zero attached hydrogens (tertiary/aromatic N) is 4. The van der Waals surface area contributed by atoms with Gasteiger partial charge in [-0.15, -0.1) is 0 Å². The highest BCUT2D eigenvalue weighted by molar-refractivity contribution is 6.36. The van der Waals surface area contributed by atoms with Gasteiger partial charge in [-0.3, -0.25) is 4.68 Å². The molecule has 0 spiro atoms. The van der Waals surface area contributed by atoms with Gasteiger partial charge in [0.05, 0.1) is 16.9 Å². The SMILES string of the molecule is Cc1c(-c2cc(-c3ccc(Cl)cc3Cl)nc(N)c2C#N)cnn1C. The van der Waals surface area contributed by atoms with Gasteiger partial charge in [-0.25, -0.2) is 4.98 Å². The first-order valence-electron chi connectivity index (χ1n) is 7.07. The van der Waals surface area contributed by atoms with Gasteiger partial charge < -0.3 is 5.73 Å². The number of nitrogen functional groups attached to an aromatic ring is 1. The molecule has 0 atom stereocenters. The third-order valence-corrected chi connectivity index (χ3v) is 4.44. The first-order chi connectivity index (χ1) is 11.4. The fraction of sp³-hybridized carbons (Fsp3) is 0.118. The minimum absolute atomic E-state index is 0.152. The van der Waals surface area contributed by atoms with Crippen molar-refractivity contribution in [1.29, 1.82) is 5.26 Å². The summed E-state index contributed by atoms with van der Waals surface area (Å²) in [6, 6.07) is 9.07. The molecule has 24 heavy (non-hydrogen) atoms. The summed E-state index contributed by atoms with van der Waals surface area (Å²) in [4.78, 5) is 4.33. The normalized spacial score (nSPS) is 10.6. The predicted octanol–water partition coefficient (Wildman–Crippen LogP) is 4.22. The van der Waals surface area contributed by atoms with Crippen LogP contribution < -0.4 is 5.73 Å². The van der Waals surface area contributed by atoms with Crippen LogP contribution in [0.5, 0.6) is 0 Å². The Labute approximate surface area is 149 Å². The molecular formula is C17H13Cl2N5. The Kier molecular flexibility index (Phi) is 4.18. The number of benzene rings is 1. The summed E-state index contributed by atoms with van der Waals surface area (Å²) in [5.41, 5.74) is 10.0. The van der Waals surface area contributed by atoms with Crippen LogP contribution in [0.15, 0.2) is 30.5 Å². The quantitative estimate of drug-likeness (QED) is 0.744. The summed E-state index contributed by atoms with van der Waals surface area (Å²) in [6.45, 7) is 1.93. The first-order valence-corrected chi connectivity index (χ1v) is 7.83. The number of nitriles is 1. The van der Waals surface area contributed by atoms with Crippen molar-refractivity contribution in [1.82, 2.24) is 14.8 Å². The Bertz CT molecular complexity index is 985. The second-order valence-electron chi connectivity index (χ2n) is 5.32. The third-order valence-electron chi connectivity index (χ3n) is 3.89. The minimum atomic E-state index is 0.152. The van der Waals surface area contributed by atoms with E-state index in [-0.39, 0.29) is 5.82 Å². The number of nitrogens with two attached hydrogens (primary N) is 1. The molecule has 0 unspecified atom stereocenters. The number of aryl methyl sites for hydroxylation is 1. The topological polar surface area (TPSA) is 80.5 Å². The Morgan fingerprint density at radius 1 is 1.17 bits per heavy atom. The molecule has 0 saturated carbocycles. The van der Waals surface area contributed by atoms with E-state index in [4.69, 9.17) is 28.9 Å². The van der Waals surface area contributed by atoms with Gasteiger partial charge in [0.25, 0.3) is 0 Å². The average molecular weight is 358 g/mol. The van der Waals surface area contributed by atoms with E-state index in [1.54, 1.807) is 35.1 Å². The van der Waals surface area contributed by atoms with Gasteiger partial charge in [-0.05, 0) is 31.2 Å². The van der Waals surface area contributed by atoms with Crippen LogP contribution in [0.3, 0.4) is 0 Å². The summed E-state index contributed by atoms with van der Waals surface area (Å²) in [5, 5.41) is 14.7. The molecule has 3 rings (SSSR count). The minimum Gasteiger partial charge on any atom is -0.383 e. The number of rotatable bonds is 2. The van der Waals surface area contributed by atoms with Crippen LogP contribution in [-0.4, -0.2) is 14.8 Å². The van der Waals surface area contributed by atoms with Gasteiger partial charge in [0.15, 0.2) is 0 Å². The van der Waals surface area contributed by atoms with Crippen molar-refractivity contribution < 1.29 is 0 Å². The highest BCUT2D eigenvalue weighted by Crippen LogP contribution is 2.35. The lowest BCUT2D eigenvalue weighted by atomic mass is 9.99. The fourth-order valence-electron chi connectivity index (χ4n) is 2.49. The molecule has 0 radical (unpaired) electrons. The molecule has 2 heterocycles. The molecule has 1 aromatic carbocycles. The van der Waals surface area contributed by atoms with Gasteiger partial charge in [0.2, 0.25) is 0 Å². The number of anilines is 1. The molecule has 0 saturated heterocycles. The molecule has 5 nitrogen and oxygen atoms in total. The van der Waals surface area contributed by atoms with Gasteiger partial charge in [0, 0.05) is 34.5 Å². The van der Waals surface area contributed by atoms with E-state index >= 15 is 0 Å². The molecule has 0 aliphatic carbocycles. The second-order valence-corrected chi connectivity index (χ2v) is 6.16. The molecule has 0 aliphatic heterocycles. The molecule has 7 heteroatoms. The number of aromatic nitrogens is 3. The van der Waals surface area contributed by atoms with E-state index < -0.39 is 0 Å². The van der Waals surface area contributed by atoms with Crippen LogP contribution in [-0.2, 0) is 7.05 Å².